The molecule has 2 N–H and O–H groups in total. The number of hydrogen-bond donors (Lipinski definition) is 2. The highest BCUT2D eigenvalue weighted by Gasteiger charge is 2.34. The number of ether oxygens (including phenoxy) is 2. The standard InChI is InChI=1S/C29H54N2O5/c1-5-6-7-8-9-10-11-12-13-14-15-16-17-18-19-27(33)30-26(22-23(2)3)28(34)31-25-20-21-35-29(25)36-24(4)32/h23,25-26,29H,5-22H2,1-4H3,(H,30,33)(H,31,34)/t25-,26-,29-/m0/s1. The van der Waals surface area contributed by atoms with Crippen molar-refractivity contribution in [3.05, 3.63) is 0 Å². The van der Waals surface area contributed by atoms with Crippen LogP contribution in [0.5, 0.6) is 0 Å². The van der Waals surface area contributed by atoms with E-state index in [1.54, 1.807) is 0 Å². The number of carbonyl (C=O) groups excluding carboxylic acids is 3. The Morgan fingerprint density at radius 3 is 1.89 bits per heavy atom. The van der Waals surface area contributed by atoms with Crippen LogP contribution >= 0.6 is 0 Å². The van der Waals surface area contributed by atoms with E-state index in [1.165, 1.54) is 84.0 Å². The number of esters is 1. The second kappa shape index (κ2) is 20.4. The van der Waals surface area contributed by atoms with Gasteiger partial charge in [-0.2, -0.15) is 0 Å². The molecule has 0 aromatic heterocycles. The first kappa shape index (κ1) is 32.4. The van der Waals surface area contributed by atoms with E-state index >= 15 is 0 Å². The van der Waals surface area contributed by atoms with Crippen LogP contribution in [0.25, 0.3) is 0 Å². The lowest BCUT2D eigenvalue weighted by Gasteiger charge is -2.24. The SMILES string of the molecule is CCCCCCCCCCCCCCCCC(=O)N[C@@H](CC(C)C)C(=O)N[C@H]1CCO[C@H]1OC(C)=O. The molecule has 1 rings (SSSR count). The predicted molar refractivity (Wildman–Crippen MR) is 144 cm³/mol. The summed E-state index contributed by atoms with van der Waals surface area (Å²) in [6.45, 7) is 8.06. The van der Waals surface area contributed by atoms with Crippen molar-refractivity contribution in [1.29, 1.82) is 0 Å². The highest BCUT2D eigenvalue weighted by Crippen LogP contribution is 2.17. The van der Waals surface area contributed by atoms with Crippen LogP contribution < -0.4 is 10.6 Å². The molecule has 210 valence electrons. The van der Waals surface area contributed by atoms with Gasteiger partial charge in [0.05, 0.1) is 12.6 Å². The van der Waals surface area contributed by atoms with Crippen molar-refractivity contribution >= 4 is 17.8 Å². The second-order valence-corrected chi connectivity index (χ2v) is 10.8. The van der Waals surface area contributed by atoms with E-state index in [0.29, 0.717) is 25.9 Å². The molecule has 0 saturated carbocycles. The zero-order valence-corrected chi connectivity index (χ0v) is 23.6. The Morgan fingerprint density at radius 2 is 1.39 bits per heavy atom. The fourth-order valence-corrected chi connectivity index (χ4v) is 4.72. The Morgan fingerprint density at radius 1 is 0.861 bits per heavy atom. The van der Waals surface area contributed by atoms with Gasteiger partial charge in [0.25, 0.3) is 0 Å². The summed E-state index contributed by atoms with van der Waals surface area (Å²) in [5.41, 5.74) is 0. The van der Waals surface area contributed by atoms with Crippen LogP contribution in [0.3, 0.4) is 0 Å². The maximum Gasteiger partial charge on any atom is 0.305 e. The summed E-state index contributed by atoms with van der Waals surface area (Å²) >= 11 is 0. The summed E-state index contributed by atoms with van der Waals surface area (Å²) in [4.78, 5) is 36.7. The Hall–Kier alpha value is -1.63. The van der Waals surface area contributed by atoms with Crippen LogP contribution in [0.1, 0.15) is 137 Å². The number of hydrogen-bond acceptors (Lipinski definition) is 5. The average Bonchev–Trinajstić information content (AvgIpc) is 3.24. The lowest BCUT2D eigenvalue weighted by atomic mass is 10.0. The zero-order valence-electron chi connectivity index (χ0n) is 23.6. The Labute approximate surface area is 220 Å². The molecule has 1 saturated heterocycles. The number of nitrogens with one attached hydrogen (secondary N) is 2. The third-order valence-electron chi connectivity index (χ3n) is 6.77. The molecule has 7 heteroatoms. The van der Waals surface area contributed by atoms with Gasteiger partial charge in [-0.05, 0) is 25.2 Å². The minimum absolute atomic E-state index is 0.0751. The molecular formula is C29H54N2O5. The average molecular weight is 511 g/mol. The van der Waals surface area contributed by atoms with E-state index in [9.17, 15) is 14.4 Å². The van der Waals surface area contributed by atoms with Gasteiger partial charge in [-0.3, -0.25) is 14.4 Å². The minimum atomic E-state index is -0.766. The first-order chi connectivity index (χ1) is 17.3. The molecule has 1 aliphatic heterocycles. The van der Waals surface area contributed by atoms with Gasteiger partial charge in [-0.15, -0.1) is 0 Å². The topological polar surface area (TPSA) is 93.7 Å². The molecule has 36 heavy (non-hydrogen) atoms. The lowest BCUT2D eigenvalue weighted by Crippen LogP contribution is -2.52. The smallest absolute Gasteiger partial charge is 0.305 e. The van der Waals surface area contributed by atoms with Crippen molar-refractivity contribution in [1.82, 2.24) is 10.6 Å². The third-order valence-corrected chi connectivity index (χ3v) is 6.77. The molecule has 3 atom stereocenters. The number of unbranched alkanes of at least 4 members (excludes halogenated alkanes) is 13. The molecular weight excluding hydrogens is 456 g/mol. The normalized spacial score (nSPS) is 18.2. The fourth-order valence-electron chi connectivity index (χ4n) is 4.72. The van der Waals surface area contributed by atoms with Crippen molar-refractivity contribution in [2.24, 2.45) is 5.92 Å². The van der Waals surface area contributed by atoms with Gasteiger partial charge < -0.3 is 20.1 Å². The Bertz CT molecular complexity index is 610. The molecule has 0 aliphatic carbocycles. The molecule has 1 heterocycles. The quantitative estimate of drug-likeness (QED) is 0.142. The van der Waals surface area contributed by atoms with E-state index in [-0.39, 0.29) is 17.7 Å². The maximum atomic E-state index is 12.9. The predicted octanol–water partition coefficient (Wildman–Crippen LogP) is 6.18. The van der Waals surface area contributed by atoms with Crippen LogP contribution in [-0.2, 0) is 23.9 Å². The third kappa shape index (κ3) is 16.2. The molecule has 0 bridgehead atoms. The Kier molecular flexibility index (Phi) is 18.4. The first-order valence-electron chi connectivity index (χ1n) is 14.7. The molecule has 7 nitrogen and oxygen atoms in total. The fraction of sp³-hybridized carbons (Fsp3) is 0.897. The highest BCUT2D eigenvalue weighted by molar-refractivity contribution is 5.87. The molecule has 0 aromatic carbocycles. The molecule has 0 radical (unpaired) electrons. The van der Waals surface area contributed by atoms with Crippen LogP contribution in [0, 0.1) is 5.92 Å². The van der Waals surface area contributed by atoms with Crippen LogP contribution in [0.15, 0.2) is 0 Å². The van der Waals surface area contributed by atoms with Gasteiger partial charge in [0.15, 0.2) is 0 Å². The zero-order chi connectivity index (χ0) is 26.6. The van der Waals surface area contributed by atoms with E-state index in [2.05, 4.69) is 17.6 Å². The van der Waals surface area contributed by atoms with Crippen molar-refractivity contribution in [2.75, 3.05) is 6.61 Å². The number of carbonyl (C=O) groups is 3. The van der Waals surface area contributed by atoms with Crippen LogP contribution in [-0.4, -0.2) is 42.8 Å². The van der Waals surface area contributed by atoms with Gasteiger partial charge in [0.2, 0.25) is 18.1 Å². The van der Waals surface area contributed by atoms with Gasteiger partial charge in [-0.1, -0.05) is 104 Å². The summed E-state index contributed by atoms with van der Waals surface area (Å²) in [5, 5.41) is 5.83. The summed E-state index contributed by atoms with van der Waals surface area (Å²) in [5.74, 6) is -0.507. The lowest BCUT2D eigenvalue weighted by molar-refractivity contribution is -0.170. The first-order valence-corrected chi connectivity index (χ1v) is 14.7. The van der Waals surface area contributed by atoms with Gasteiger partial charge in [0, 0.05) is 13.3 Å². The number of amides is 2. The van der Waals surface area contributed by atoms with E-state index < -0.39 is 24.3 Å². The van der Waals surface area contributed by atoms with Crippen molar-refractivity contribution in [2.45, 2.75) is 155 Å². The molecule has 1 fully saturated rings. The monoisotopic (exact) mass is 510 g/mol. The van der Waals surface area contributed by atoms with Gasteiger partial charge in [-0.25, -0.2) is 0 Å². The van der Waals surface area contributed by atoms with Gasteiger partial charge in [0.1, 0.15) is 6.04 Å². The summed E-state index contributed by atoms with van der Waals surface area (Å²) in [7, 11) is 0. The van der Waals surface area contributed by atoms with Crippen molar-refractivity contribution in [3.8, 4) is 0 Å². The molecule has 2 amide bonds. The Balaban J connectivity index is 2.17. The van der Waals surface area contributed by atoms with Crippen LogP contribution in [0.4, 0.5) is 0 Å². The largest absolute Gasteiger partial charge is 0.434 e. The van der Waals surface area contributed by atoms with Crippen LogP contribution in [0.2, 0.25) is 0 Å². The molecule has 0 aromatic rings. The highest BCUT2D eigenvalue weighted by atomic mass is 16.7. The van der Waals surface area contributed by atoms with E-state index in [4.69, 9.17) is 9.47 Å². The molecule has 1 aliphatic rings. The van der Waals surface area contributed by atoms with E-state index in [1.807, 2.05) is 13.8 Å². The minimum Gasteiger partial charge on any atom is -0.434 e. The van der Waals surface area contributed by atoms with Crippen molar-refractivity contribution in [3.63, 3.8) is 0 Å². The maximum absolute atomic E-state index is 12.9. The van der Waals surface area contributed by atoms with Crippen molar-refractivity contribution < 1.29 is 23.9 Å². The van der Waals surface area contributed by atoms with E-state index in [0.717, 1.165) is 12.8 Å². The van der Waals surface area contributed by atoms with Gasteiger partial charge >= 0.3 is 5.97 Å². The summed E-state index contributed by atoms with van der Waals surface area (Å²) < 4.78 is 10.5. The second-order valence-electron chi connectivity index (χ2n) is 10.8. The summed E-state index contributed by atoms with van der Waals surface area (Å²) in [6.07, 6.45) is 18.7. The number of rotatable bonds is 21. The summed E-state index contributed by atoms with van der Waals surface area (Å²) in [6, 6.07) is -0.985. The molecule has 0 spiro atoms. The molecule has 0 unspecified atom stereocenters.